The molecule has 1 saturated heterocycles. The number of likely N-dealkylation sites (tertiary alicyclic amines) is 1. The van der Waals surface area contributed by atoms with Crippen LogP contribution in [0.15, 0.2) is 36.5 Å². The molecule has 1 N–H and O–H groups in total. The lowest BCUT2D eigenvalue weighted by atomic mass is 9.98. The molecule has 2 aromatic rings. The van der Waals surface area contributed by atoms with E-state index in [4.69, 9.17) is 4.74 Å². The third-order valence-corrected chi connectivity index (χ3v) is 4.07. The molecule has 1 aromatic carbocycles. The maximum Gasteiger partial charge on any atom is 0.319 e. The van der Waals surface area contributed by atoms with Gasteiger partial charge in [-0.15, -0.1) is 0 Å². The van der Waals surface area contributed by atoms with Crippen LogP contribution in [0.3, 0.4) is 0 Å². The molecule has 126 valence electrons. The van der Waals surface area contributed by atoms with Crippen molar-refractivity contribution in [3.63, 3.8) is 0 Å². The Bertz CT molecular complexity index is 716. The zero-order chi connectivity index (χ0) is 16.9. The van der Waals surface area contributed by atoms with Crippen molar-refractivity contribution in [3.05, 3.63) is 52.3 Å². The molecule has 1 atom stereocenters. The average molecular weight is 330 g/mol. The van der Waals surface area contributed by atoms with Gasteiger partial charge in [-0.3, -0.25) is 20.0 Å². The van der Waals surface area contributed by atoms with E-state index >= 15 is 0 Å². The Kier molecular flexibility index (Phi) is 4.74. The summed E-state index contributed by atoms with van der Waals surface area (Å²) in [7, 11) is 0. The molecule has 3 rings (SSSR count). The molecule has 0 spiro atoms. The Morgan fingerprint density at radius 2 is 2.21 bits per heavy atom. The van der Waals surface area contributed by atoms with E-state index in [1.165, 1.54) is 0 Å². The number of amides is 1. The summed E-state index contributed by atoms with van der Waals surface area (Å²) in [5.41, 5.74) is -0.354. The number of carbonyl (C=O) groups excluding carboxylic acids is 1. The fraction of sp³-hybridized carbons (Fsp3) is 0.375. The monoisotopic (exact) mass is 330 g/mol. The standard InChI is InChI=1S/C16H18N4O4/c21-16(15-14(20(22)23)9-17-18-15)19-8-4-5-12(10-19)11-24-13-6-2-1-3-7-13/h1-3,6-7,9,12H,4-5,8,10-11H2,(H,17,18)/t12-/m0/s1. The first-order valence-corrected chi connectivity index (χ1v) is 7.80. The number of nitro groups is 1. The Hall–Kier alpha value is -2.90. The summed E-state index contributed by atoms with van der Waals surface area (Å²) in [5, 5.41) is 17.0. The minimum atomic E-state index is -0.601. The number of rotatable bonds is 5. The van der Waals surface area contributed by atoms with Crippen LogP contribution >= 0.6 is 0 Å². The highest BCUT2D eigenvalue weighted by atomic mass is 16.6. The molecule has 0 bridgehead atoms. The Morgan fingerprint density at radius 3 is 2.96 bits per heavy atom. The van der Waals surface area contributed by atoms with Crippen LogP contribution in [0, 0.1) is 16.0 Å². The summed E-state index contributed by atoms with van der Waals surface area (Å²) >= 11 is 0. The van der Waals surface area contributed by atoms with E-state index in [1.54, 1.807) is 4.90 Å². The average Bonchev–Trinajstić information content (AvgIpc) is 3.10. The highest BCUT2D eigenvalue weighted by molar-refractivity contribution is 5.96. The lowest BCUT2D eigenvalue weighted by Gasteiger charge is -2.32. The Balaban J connectivity index is 1.61. The predicted molar refractivity (Wildman–Crippen MR) is 85.8 cm³/mol. The highest BCUT2D eigenvalue weighted by Gasteiger charge is 2.30. The van der Waals surface area contributed by atoms with Gasteiger partial charge in [0.05, 0.1) is 11.5 Å². The molecule has 1 amide bonds. The van der Waals surface area contributed by atoms with Gasteiger partial charge in [0.15, 0.2) is 0 Å². The number of nitrogens with one attached hydrogen (secondary N) is 1. The summed E-state index contributed by atoms with van der Waals surface area (Å²) in [6.45, 7) is 1.61. The lowest BCUT2D eigenvalue weighted by Crippen LogP contribution is -2.41. The summed E-state index contributed by atoms with van der Waals surface area (Å²) in [6.07, 6.45) is 2.87. The summed E-state index contributed by atoms with van der Waals surface area (Å²) in [4.78, 5) is 24.5. The number of hydrogen-bond acceptors (Lipinski definition) is 5. The minimum Gasteiger partial charge on any atom is -0.493 e. The van der Waals surface area contributed by atoms with E-state index in [0.29, 0.717) is 19.7 Å². The Labute approximate surface area is 138 Å². The number of nitrogens with zero attached hydrogens (tertiary/aromatic N) is 3. The number of ether oxygens (including phenoxy) is 1. The van der Waals surface area contributed by atoms with Crippen LogP contribution in [0.25, 0.3) is 0 Å². The number of H-pyrrole nitrogens is 1. The molecule has 8 nitrogen and oxygen atoms in total. The molecular weight excluding hydrogens is 312 g/mol. The molecule has 0 aliphatic carbocycles. The van der Waals surface area contributed by atoms with E-state index in [9.17, 15) is 14.9 Å². The predicted octanol–water partition coefficient (Wildman–Crippen LogP) is 2.25. The molecule has 0 saturated carbocycles. The van der Waals surface area contributed by atoms with Crippen LogP contribution in [-0.2, 0) is 0 Å². The number of aromatic nitrogens is 2. The second-order valence-corrected chi connectivity index (χ2v) is 5.77. The van der Waals surface area contributed by atoms with Crippen molar-refractivity contribution in [1.29, 1.82) is 0 Å². The maximum atomic E-state index is 12.5. The van der Waals surface area contributed by atoms with E-state index in [0.717, 1.165) is 24.8 Å². The third-order valence-electron chi connectivity index (χ3n) is 4.07. The van der Waals surface area contributed by atoms with E-state index in [-0.39, 0.29) is 23.2 Å². The van der Waals surface area contributed by atoms with Gasteiger partial charge in [0.2, 0.25) is 5.69 Å². The van der Waals surface area contributed by atoms with Crippen molar-refractivity contribution in [3.8, 4) is 5.75 Å². The quantitative estimate of drug-likeness (QED) is 0.669. The van der Waals surface area contributed by atoms with Crippen LogP contribution in [0.1, 0.15) is 23.3 Å². The number of para-hydroxylation sites is 1. The number of benzene rings is 1. The van der Waals surface area contributed by atoms with Crippen molar-refractivity contribution in [2.75, 3.05) is 19.7 Å². The molecule has 0 radical (unpaired) electrons. The largest absolute Gasteiger partial charge is 0.493 e. The van der Waals surface area contributed by atoms with Gasteiger partial charge >= 0.3 is 5.69 Å². The highest BCUT2D eigenvalue weighted by Crippen LogP contribution is 2.22. The van der Waals surface area contributed by atoms with E-state index in [1.807, 2.05) is 30.3 Å². The maximum absolute atomic E-state index is 12.5. The zero-order valence-corrected chi connectivity index (χ0v) is 13.1. The first-order valence-electron chi connectivity index (χ1n) is 7.80. The fourth-order valence-electron chi connectivity index (χ4n) is 2.85. The van der Waals surface area contributed by atoms with Gasteiger partial charge in [0.25, 0.3) is 5.91 Å². The molecule has 24 heavy (non-hydrogen) atoms. The van der Waals surface area contributed by atoms with Crippen LogP contribution in [0.2, 0.25) is 0 Å². The van der Waals surface area contributed by atoms with Gasteiger partial charge in [-0.2, -0.15) is 5.10 Å². The number of aromatic amines is 1. The van der Waals surface area contributed by atoms with E-state index < -0.39 is 4.92 Å². The first-order chi connectivity index (χ1) is 11.6. The zero-order valence-electron chi connectivity index (χ0n) is 13.1. The Morgan fingerprint density at radius 1 is 1.42 bits per heavy atom. The van der Waals surface area contributed by atoms with Gasteiger partial charge in [0, 0.05) is 19.0 Å². The molecule has 1 aromatic heterocycles. The second kappa shape index (κ2) is 7.12. The third kappa shape index (κ3) is 3.53. The van der Waals surface area contributed by atoms with Gasteiger partial charge in [-0.05, 0) is 25.0 Å². The number of carbonyl (C=O) groups is 1. The van der Waals surface area contributed by atoms with E-state index in [2.05, 4.69) is 10.2 Å². The van der Waals surface area contributed by atoms with Crippen molar-refractivity contribution in [1.82, 2.24) is 15.1 Å². The van der Waals surface area contributed by atoms with Gasteiger partial charge < -0.3 is 9.64 Å². The summed E-state index contributed by atoms with van der Waals surface area (Å²) in [6, 6.07) is 9.51. The molecule has 2 heterocycles. The number of piperidine rings is 1. The van der Waals surface area contributed by atoms with Crippen molar-refractivity contribution in [2.24, 2.45) is 5.92 Å². The molecule has 1 fully saturated rings. The lowest BCUT2D eigenvalue weighted by molar-refractivity contribution is -0.385. The molecule has 1 aliphatic heterocycles. The molecule has 0 unspecified atom stereocenters. The molecule has 8 heteroatoms. The summed E-state index contributed by atoms with van der Waals surface area (Å²) in [5.74, 6) is 0.610. The van der Waals surface area contributed by atoms with Crippen LogP contribution < -0.4 is 4.74 Å². The van der Waals surface area contributed by atoms with Crippen molar-refractivity contribution >= 4 is 11.6 Å². The SMILES string of the molecule is O=C(c1[nH]ncc1[N+](=O)[O-])N1CCC[C@H](COc2ccccc2)C1. The van der Waals surface area contributed by atoms with Gasteiger partial charge in [0.1, 0.15) is 11.9 Å². The van der Waals surface area contributed by atoms with Gasteiger partial charge in [-0.1, -0.05) is 18.2 Å². The number of hydrogen-bond donors (Lipinski definition) is 1. The minimum absolute atomic E-state index is 0.0652. The first kappa shape index (κ1) is 16.0. The van der Waals surface area contributed by atoms with Gasteiger partial charge in [-0.25, -0.2) is 0 Å². The van der Waals surface area contributed by atoms with Crippen LogP contribution in [0.5, 0.6) is 5.75 Å². The molecular formula is C16H18N4O4. The molecule has 1 aliphatic rings. The van der Waals surface area contributed by atoms with Crippen molar-refractivity contribution < 1.29 is 14.5 Å². The topological polar surface area (TPSA) is 101 Å². The van der Waals surface area contributed by atoms with Crippen molar-refractivity contribution in [2.45, 2.75) is 12.8 Å². The smallest absolute Gasteiger partial charge is 0.319 e. The fourth-order valence-corrected chi connectivity index (χ4v) is 2.85. The normalized spacial score (nSPS) is 17.5. The summed E-state index contributed by atoms with van der Waals surface area (Å²) < 4.78 is 5.76. The van der Waals surface area contributed by atoms with Crippen LogP contribution in [-0.4, -0.2) is 45.6 Å². The second-order valence-electron chi connectivity index (χ2n) is 5.77. The van der Waals surface area contributed by atoms with Crippen LogP contribution in [0.4, 0.5) is 5.69 Å².